The van der Waals surface area contributed by atoms with E-state index >= 15 is 0 Å². The fraction of sp³-hybridized carbons (Fsp3) is 0.105. The predicted octanol–water partition coefficient (Wildman–Crippen LogP) is 3.71. The van der Waals surface area contributed by atoms with Crippen molar-refractivity contribution in [1.82, 2.24) is 0 Å². The monoisotopic (exact) mass is 390 g/mol. The van der Waals surface area contributed by atoms with Crippen molar-refractivity contribution in [2.45, 2.75) is 6.18 Å². The maximum absolute atomic E-state index is 13.0. The van der Waals surface area contributed by atoms with Gasteiger partial charge >= 0.3 is 12.1 Å². The fourth-order valence-corrected chi connectivity index (χ4v) is 2.20. The Morgan fingerprint density at radius 2 is 1.79 bits per heavy atom. The number of para-hydroxylation sites is 2. The van der Waals surface area contributed by atoms with Crippen LogP contribution < -0.4 is 10.1 Å². The quantitative estimate of drug-likeness (QED) is 0.579. The van der Waals surface area contributed by atoms with Gasteiger partial charge in [0.2, 0.25) is 0 Å². The molecule has 0 aromatic heterocycles. The molecule has 0 saturated heterocycles. The molecule has 0 atom stereocenters. The molecule has 144 valence electrons. The number of halogens is 3. The van der Waals surface area contributed by atoms with E-state index in [4.69, 9.17) is 9.84 Å². The van der Waals surface area contributed by atoms with E-state index in [1.54, 1.807) is 18.2 Å². The van der Waals surface area contributed by atoms with E-state index in [1.807, 2.05) is 0 Å². The van der Waals surface area contributed by atoms with E-state index in [0.29, 0.717) is 0 Å². The zero-order chi connectivity index (χ0) is 20.7. The van der Waals surface area contributed by atoms with Crippen molar-refractivity contribution in [3.05, 3.63) is 65.2 Å². The molecule has 2 N–H and O–H groups in total. The first-order chi connectivity index (χ1) is 13.2. The molecular formula is C19H13F3N2O4. The van der Waals surface area contributed by atoms with Crippen molar-refractivity contribution in [2.75, 3.05) is 11.9 Å². The third-order valence-corrected chi connectivity index (χ3v) is 3.42. The van der Waals surface area contributed by atoms with Gasteiger partial charge in [-0.1, -0.05) is 30.3 Å². The van der Waals surface area contributed by atoms with Crippen LogP contribution in [0.25, 0.3) is 6.08 Å². The average molecular weight is 390 g/mol. The Kier molecular flexibility index (Phi) is 6.39. The molecule has 2 aromatic rings. The van der Waals surface area contributed by atoms with Crippen LogP contribution in [0.5, 0.6) is 5.75 Å². The maximum atomic E-state index is 13.0. The minimum Gasteiger partial charge on any atom is -0.481 e. The van der Waals surface area contributed by atoms with Gasteiger partial charge in [0.25, 0.3) is 5.91 Å². The molecule has 0 unspecified atom stereocenters. The number of hydrogen-bond acceptors (Lipinski definition) is 4. The molecule has 28 heavy (non-hydrogen) atoms. The predicted molar refractivity (Wildman–Crippen MR) is 93.2 cm³/mol. The molecule has 0 aliphatic rings. The summed E-state index contributed by atoms with van der Waals surface area (Å²) in [5.41, 5.74) is -1.80. The van der Waals surface area contributed by atoms with Crippen LogP contribution in [0.1, 0.15) is 11.1 Å². The van der Waals surface area contributed by atoms with Gasteiger partial charge in [-0.15, -0.1) is 0 Å². The molecule has 0 heterocycles. The Bertz CT molecular complexity index is 962. The number of alkyl halides is 3. The van der Waals surface area contributed by atoms with Crippen LogP contribution in [0.2, 0.25) is 0 Å². The summed E-state index contributed by atoms with van der Waals surface area (Å²) >= 11 is 0. The molecule has 0 aliphatic heterocycles. The SMILES string of the molecule is N#C/C(=C\c1ccccc1OCC(=O)O)C(=O)Nc1ccccc1C(F)(F)F. The van der Waals surface area contributed by atoms with Gasteiger partial charge in [0, 0.05) is 5.56 Å². The third kappa shape index (κ3) is 5.35. The Balaban J connectivity index is 2.31. The molecule has 9 heteroatoms. The number of ether oxygens (including phenoxy) is 1. The number of nitriles is 1. The first kappa shape index (κ1) is 20.5. The van der Waals surface area contributed by atoms with E-state index in [1.165, 1.54) is 24.3 Å². The molecular weight excluding hydrogens is 377 g/mol. The van der Waals surface area contributed by atoms with E-state index in [2.05, 4.69) is 5.32 Å². The summed E-state index contributed by atoms with van der Waals surface area (Å²) in [5, 5.41) is 20.0. The molecule has 0 bridgehead atoms. The lowest BCUT2D eigenvalue weighted by Crippen LogP contribution is -2.17. The van der Waals surface area contributed by atoms with Crippen LogP contribution in [-0.4, -0.2) is 23.6 Å². The second-order valence-electron chi connectivity index (χ2n) is 5.39. The smallest absolute Gasteiger partial charge is 0.418 e. The molecule has 6 nitrogen and oxygen atoms in total. The normalized spacial score (nSPS) is 11.4. The number of anilines is 1. The van der Waals surface area contributed by atoms with Gasteiger partial charge in [-0.05, 0) is 24.3 Å². The molecule has 0 aliphatic carbocycles. The zero-order valence-electron chi connectivity index (χ0n) is 14.2. The number of amides is 1. The van der Waals surface area contributed by atoms with Crippen molar-refractivity contribution in [3.63, 3.8) is 0 Å². The van der Waals surface area contributed by atoms with Gasteiger partial charge in [-0.25, -0.2) is 4.79 Å². The first-order valence-electron chi connectivity index (χ1n) is 7.75. The van der Waals surface area contributed by atoms with E-state index in [-0.39, 0.29) is 11.3 Å². The summed E-state index contributed by atoms with van der Waals surface area (Å²) in [6.45, 7) is -0.641. The van der Waals surface area contributed by atoms with Crippen molar-refractivity contribution >= 4 is 23.6 Å². The summed E-state index contributed by atoms with van der Waals surface area (Å²) in [6, 6.07) is 12.0. The Labute approximate surface area is 157 Å². The number of carbonyl (C=O) groups is 2. The van der Waals surface area contributed by atoms with Crippen LogP contribution in [0.4, 0.5) is 18.9 Å². The second kappa shape index (κ2) is 8.73. The molecule has 0 fully saturated rings. The standard InChI is InChI=1S/C19H13F3N2O4/c20-19(21,22)14-6-2-3-7-15(14)24-18(27)13(10-23)9-12-5-1-4-8-16(12)28-11-17(25)26/h1-9H,11H2,(H,24,27)(H,25,26)/b13-9+. The number of benzene rings is 2. The third-order valence-electron chi connectivity index (χ3n) is 3.42. The number of nitrogens with zero attached hydrogens (tertiary/aromatic N) is 1. The Hall–Kier alpha value is -3.80. The number of carboxylic acids is 1. The highest BCUT2D eigenvalue weighted by Crippen LogP contribution is 2.34. The van der Waals surface area contributed by atoms with Gasteiger partial charge in [0.05, 0.1) is 11.3 Å². The minimum atomic E-state index is -4.68. The number of nitrogens with one attached hydrogen (secondary N) is 1. The lowest BCUT2D eigenvalue weighted by Gasteiger charge is -2.13. The maximum Gasteiger partial charge on any atom is 0.418 e. The highest BCUT2D eigenvalue weighted by atomic mass is 19.4. The highest BCUT2D eigenvalue weighted by Gasteiger charge is 2.33. The van der Waals surface area contributed by atoms with Crippen molar-refractivity contribution in [3.8, 4) is 11.8 Å². The van der Waals surface area contributed by atoms with Crippen molar-refractivity contribution < 1.29 is 32.6 Å². The highest BCUT2D eigenvalue weighted by molar-refractivity contribution is 6.10. The molecule has 0 radical (unpaired) electrons. The van der Waals surface area contributed by atoms with E-state index in [9.17, 15) is 28.0 Å². The summed E-state index contributed by atoms with van der Waals surface area (Å²) in [6.07, 6.45) is -3.58. The molecule has 1 amide bonds. The largest absolute Gasteiger partial charge is 0.481 e. The summed E-state index contributed by atoms with van der Waals surface area (Å²) in [7, 11) is 0. The second-order valence-corrected chi connectivity index (χ2v) is 5.39. The summed E-state index contributed by atoms with van der Waals surface area (Å²) in [5.74, 6) is -2.17. The van der Waals surface area contributed by atoms with Gasteiger partial charge in [-0.3, -0.25) is 4.79 Å². The molecule has 2 aromatic carbocycles. The van der Waals surface area contributed by atoms with Crippen molar-refractivity contribution in [2.24, 2.45) is 0 Å². The van der Waals surface area contributed by atoms with Gasteiger partial charge in [0.1, 0.15) is 17.4 Å². The van der Waals surface area contributed by atoms with E-state index in [0.717, 1.165) is 18.2 Å². The van der Waals surface area contributed by atoms with Crippen LogP contribution >= 0.6 is 0 Å². The number of carbonyl (C=O) groups excluding carboxylic acids is 1. The lowest BCUT2D eigenvalue weighted by atomic mass is 10.1. The molecule has 0 spiro atoms. The van der Waals surface area contributed by atoms with Crippen LogP contribution in [0.3, 0.4) is 0 Å². The van der Waals surface area contributed by atoms with Crippen LogP contribution in [0.15, 0.2) is 54.1 Å². The topological polar surface area (TPSA) is 99.4 Å². The summed E-state index contributed by atoms with van der Waals surface area (Å²) < 4.78 is 44.2. The fourth-order valence-electron chi connectivity index (χ4n) is 2.20. The van der Waals surface area contributed by atoms with Crippen molar-refractivity contribution in [1.29, 1.82) is 5.26 Å². The molecule has 0 saturated carbocycles. The Morgan fingerprint density at radius 1 is 1.14 bits per heavy atom. The van der Waals surface area contributed by atoms with Gasteiger partial charge in [0.15, 0.2) is 6.61 Å². The van der Waals surface area contributed by atoms with E-state index < -0.39 is 41.5 Å². The molecule has 2 rings (SSSR count). The van der Waals surface area contributed by atoms with Crippen LogP contribution in [0, 0.1) is 11.3 Å². The number of hydrogen-bond donors (Lipinski definition) is 2. The summed E-state index contributed by atoms with van der Waals surface area (Å²) in [4.78, 5) is 22.9. The lowest BCUT2D eigenvalue weighted by molar-refractivity contribution is -0.139. The van der Waals surface area contributed by atoms with Gasteiger partial charge in [-0.2, -0.15) is 18.4 Å². The number of aliphatic carboxylic acids is 1. The number of carboxylic acid groups (broad SMARTS) is 1. The first-order valence-corrected chi connectivity index (χ1v) is 7.75. The minimum absolute atomic E-state index is 0.0983. The number of rotatable bonds is 6. The average Bonchev–Trinajstić information content (AvgIpc) is 2.64. The van der Waals surface area contributed by atoms with Crippen LogP contribution in [-0.2, 0) is 15.8 Å². The zero-order valence-corrected chi connectivity index (χ0v) is 14.2. The van der Waals surface area contributed by atoms with Gasteiger partial charge < -0.3 is 15.2 Å². The Morgan fingerprint density at radius 3 is 2.43 bits per heavy atom.